The van der Waals surface area contributed by atoms with Crippen LogP contribution in [0.2, 0.25) is 0 Å². The molecule has 0 aliphatic carbocycles. The van der Waals surface area contributed by atoms with E-state index in [0.717, 1.165) is 50.4 Å². The highest BCUT2D eigenvalue weighted by atomic mass is 16.2. The molecule has 1 atom stereocenters. The van der Waals surface area contributed by atoms with Gasteiger partial charge < -0.3 is 10.0 Å². The van der Waals surface area contributed by atoms with Crippen molar-refractivity contribution in [3.8, 4) is 0 Å². The predicted octanol–water partition coefficient (Wildman–Crippen LogP) is 3.22. The first-order chi connectivity index (χ1) is 11.6. The molecule has 1 saturated heterocycles. The third-order valence-corrected chi connectivity index (χ3v) is 4.86. The van der Waals surface area contributed by atoms with Crippen molar-refractivity contribution in [2.45, 2.75) is 65.3 Å². The van der Waals surface area contributed by atoms with Gasteiger partial charge in [0.05, 0.1) is 11.7 Å². The number of aryl methyl sites for hydroxylation is 1. The number of rotatable bonds is 9. The second kappa shape index (κ2) is 9.94. The van der Waals surface area contributed by atoms with Crippen molar-refractivity contribution < 1.29 is 5.11 Å². The molecule has 0 unspecified atom stereocenters. The van der Waals surface area contributed by atoms with E-state index in [4.69, 9.17) is 5.11 Å². The molecule has 0 bridgehead atoms. The molecule has 136 valence electrons. The zero-order valence-corrected chi connectivity index (χ0v) is 15.6. The molecule has 24 heavy (non-hydrogen) atoms. The minimum atomic E-state index is 0.219. The average Bonchev–Trinajstić information content (AvgIpc) is 3.02. The number of aliphatic hydroxyl groups excluding tert-OH is 1. The van der Waals surface area contributed by atoms with Crippen LogP contribution >= 0.6 is 0 Å². The molecular formula is C19H34N4O. The van der Waals surface area contributed by atoms with Crippen LogP contribution in [-0.2, 0) is 6.42 Å². The van der Waals surface area contributed by atoms with E-state index in [1.54, 1.807) is 0 Å². The summed E-state index contributed by atoms with van der Waals surface area (Å²) in [5.74, 6) is 0.758. The van der Waals surface area contributed by atoms with Crippen LogP contribution in [0.4, 0.5) is 0 Å². The monoisotopic (exact) mass is 334 g/mol. The van der Waals surface area contributed by atoms with Crippen LogP contribution in [0.1, 0.15) is 64.6 Å². The van der Waals surface area contributed by atoms with Crippen molar-refractivity contribution in [1.82, 2.24) is 19.9 Å². The summed E-state index contributed by atoms with van der Waals surface area (Å²) >= 11 is 0. The number of piperidine rings is 1. The maximum absolute atomic E-state index is 8.90. The van der Waals surface area contributed by atoms with Crippen molar-refractivity contribution in [3.05, 3.63) is 23.5 Å². The Morgan fingerprint density at radius 3 is 2.79 bits per heavy atom. The van der Waals surface area contributed by atoms with Crippen LogP contribution in [0.25, 0.3) is 0 Å². The van der Waals surface area contributed by atoms with Gasteiger partial charge in [-0.15, -0.1) is 5.10 Å². The lowest BCUT2D eigenvalue weighted by Gasteiger charge is -2.33. The highest BCUT2D eigenvalue weighted by Crippen LogP contribution is 2.23. The van der Waals surface area contributed by atoms with E-state index in [9.17, 15) is 0 Å². The fraction of sp³-hybridized carbons (Fsp3) is 0.789. The second-order valence-corrected chi connectivity index (χ2v) is 7.51. The van der Waals surface area contributed by atoms with Crippen LogP contribution in [0, 0.1) is 5.92 Å². The van der Waals surface area contributed by atoms with E-state index < -0.39 is 0 Å². The van der Waals surface area contributed by atoms with Gasteiger partial charge in [-0.3, -0.25) is 0 Å². The van der Waals surface area contributed by atoms with E-state index in [-0.39, 0.29) is 6.61 Å². The van der Waals surface area contributed by atoms with Gasteiger partial charge in [0.2, 0.25) is 0 Å². The minimum absolute atomic E-state index is 0.219. The largest absolute Gasteiger partial charge is 0.396 e. The Morgan fingerprint density at radius 2 is 2.12 bits per heavy atom. The maximum Gasteiger partial charge on any atom is 0.0828 e. The molecule has 5 nitrogen and oxygen atoms in total. The summed E-state index contributed by atoms with van der Waals surface area (Å²) in [7, 11) is 0. The molecule has 0 amide bonds. The molecule has 0 spiro atoms. The topological polar surface area (TPSA) is 54.2 Å². The fourth-order valence-corrected chi connectivity index (χ4v) is 3.42. The third-order valence-electron chi connectivity index (χ3n) is 4.86. The zero-order valence-electron chi connectivity index (χ0n) is 15.6. The highest BCUT2D eigenvalue weighted by Gasteiger charge is 2.22. The molecule has 1 aliphatic heterocycles. The zero-order chi connectivity index (χ0) is 17.4. The SMILES string of the molecule is CC(C)=CCC[C@@H](C)CN1CCC(n2cc(CCCO)nn2)CC1. The molecule has 2 rings (SSSR count). The Balaban J connectivity index is 1.71. The molecule has 2 heterocycles. The number of allylic oxidation sites excluding steroid dienone is 2. The predicted molar refractivity (Wildman–Crippen MR) is 98.0 cm³/mol. The van der Waals surface area contributed by atoms with Crippen LogP contribution < -0.4 is 0 Å². The molecule has 1 aromatic rings. The molecule has 5 heteroatoms. The van der Waals surface area contributed by atoms with Crippen molar-refractivity contribution in [1.29, 1.82) is 0 Å². The first-order valence-electron chi connectivity index (χ1n) is 9.45. The number of nitrogens with zero attached hydrogens (tertiary/aromatic N) is 4. The van der Waals surface area contributed by atoms with E-state index in [1.165, 1.54) is 25.0 Å². The molecule has 1 fully saturated rings. The van der Waals surface area contributed by atoms with Gasteiger partial charge >= 0.3 is 0 Å². The van der Waals surface area contributed by atoms with Gasteiger partial charge in [-0.25, -0.2) is 4.68 Å². The van der Waals surface area contributed by atoms with Gasteiger partial charge in [-0.05, 0) is 58.3 Å². The molecule has 0 saturated carbocycles. The molecule has 1 aliphatic rings. The number of aliphatic hydroxyl groups is 1. The minimum Gasteiger partial charge on any atom is -0.396 e. The number of hydrogen-bond acceptors (Lipinski definition) is 4. The summed E-state index contributed by atoms with van der Waals surface area (Å²) in [6, 6.07) is 0.484. The van der Waals surface area contributed by atoms with Crippen molar-refractivity contribution in [3.63, 3.8) is 0 Å². The summed E-state index contributed by atoms with van der Waals surface area (Å²) in [5.41, 5.74) is 2.42. The van der Waals surface area contributed by atoms with E-state index >= 15 is 0 Å². The Labute approximate surface area is 146 Å². The Morgan fingerprint density at radius 1 is 1.38 bits per heavy atom. The van der Waals surface area contributed by atoms with Crippen LogP contribution in [0.3, 0.4) is 0 Å². The Hall–Kier alpha value is -1.20. The quantitative estimate of drug-likeness (QED) is 0.705. The second-order valence-electron chi connectivity index (χ2n) is 7.51. The first-order valence-corrected chi connectivity index (χ1v) is 9.45. The van der Waals surface area contributed by atoms with E-state index in [0.29, 0.717) is 6.04 Å². The normalized spacial score (nSPS) is 17.8. The number of hydrogen-bond donors (Lipinski definition) is 1. The molecule has 1 aromatic heterocycles. The summed E-state index contributed by atoms with van der Waals surface area (Å²) in [5, 5.41) is 17.4. The summed E-state index contributed by atoms with van der Waals surface area (Å²) < 4.78 is 2.04. The van der Waals surface area contributed by atoms with Crippen molar-refractivity contribution in [2.24, 2.45) is 5.92 Å². The standard InChI is InChI=1S/C19H34N4O/c1-16(2)6-4-7-17(3)14-22-11-9-19(10-12-22)23-15-18(20-21-23)8-5-13-24/h6,15,17,19,24H,4-5,7-14H2,1-3H3/t17-/m1/s1. The van der Waals surface area contributed by atoms with Crippen LogP contribution in [-0.4, -0.2) is 51.2 Å². The smallest absolute Gasteiger partial charge is 0.0828 e. The molecule has 1 N–H and O–H groups in total. The Bertz CT molecular complexity index is 499. The van der Waals surface area contributed by atoms with Crippen molar-refractivity contribution >= 4 is 0 Å². The lowest BCUT2D eigenvalue weighted by atomic mass is 10.0. The maximum atomic E-state index is 8.90. The third kappa shape index (κ3) is 6.36. The fourth-order valence-electron chi connectivity index (χ4n) is 3.42. The first kappa shape index (κ1) is 19.1. The molecular weight excluding hydrogens is 300 g/mol. The van der Waals surface area contributed by atoms with E-state index in [1.807, 2.05) is 4.68 Å². The Kier molecular flexibility index (Phi) is 7.92. The van der Waals surface area contributed by atoms with Gasteiger partial charge in [0.25, 0.3) is 0 Å². The van der Waals surface area contributed by atoms with Gasteiger partial charge in [-0.1, -0.05) is 23.8 Å². The molecule has 0 aromatic carbocycles. The van der Waals surface area contributed by atoms with Gasteiger partial charge in [0, 0.05) is 32.4 Å². The lowest BCUT2D eigenvalue weighted by molar-refractivity contribution is 0.158. The van der Waals surface area contributed by atoms with Gasteiger partial charge in [-0.2, -0.15) is 0 Å². The number of aromatic nitrogens is 3. The van der Waals surface area contributed by atoms with E-state index in [2.05, 4.69) is 48.3 Å². The van der Waals surface area contributed by atoms with Crippen LogP contribution in [0.5, 0.6) is 0 Å². The summed E-state index contributed by atoms with van der Waals surface area (Å²) in [4.78, 5) is 2.60. The average molecular weight is 335 g/mol. The summed E-state index contributed by atoms with van der Waals surface area (Å²) in [6.07, 6.45) is 10.8. The number of likely N-dealkylation sites (tertiary alicyclic amines) is 1. The van der Waals surface area contributed by atoms with Crippen LogP contribution in [0.15, 0.2) is 17.8 Å². The lowest BCUT2D eigenvalue weighted by Crippen LogP contribution is -2.37. The summed E-state index contributed by atoms with van der Waals surface area (Å²) in [6.45, 7) is 10.5. The van der Waals surface area contributed by atoms with Gasteiger partial charge in [0.1, 0.15) is 0 Å². The molecule has 0 radical (unpaired) electrons. The van der Waals surface area contributed by atoms with Gasteiger partial charge in [0.15, 0.2) is 0 Å². The highest BCUT2D eigenvalue weighted by molar-refractivity contribution is 4.95. The van der Waals surface area contributed by atoms with Crippen molar-refractivity contribution in [2.75, 3.05) is 26.2 Å².